The van der Waals surface area contributed by atoms with E-state index in [2.05, 4.69) is 41.8 Å². The molecule has 0 amide bonds. The molecule has 1 saturated heterocycles. The molecular weight excluding hydrogens is 325 g/mol. The van der Waals surface area contributed by atoms with Gasteiger partial charge in [-0.1, -0.05) is 60.1 Å². The van der Waals surface area contributed by atoms with Crippen LogP contribution in [0.1, 0.15) is 19.3 Å². The first kappa shape index (κ1) is 14.9. The molecule has 4 rings (SSSR count). The van der Waals surface area contributed by atoms with Crippen LogP contribution in [0.25, 0.3) is 21.5 Å². The van der Waals surface area contributed by atoms with E-state index in [1.165, 1.54) is 12.8 Å². The first-order chi connectivity index (χ1) is 11.2. The van der Waals surface area contributed by atoms with E-state index >= 15 is 0 Å². The highest BCUT2D eigenvalue weighted by molar-refractivity contribution is 6.40. The lowest BCUT2D eigenvalue weighted by Crippen LogP contribution is -2.27. The largest absolute Gasteiger partial charge is 0.344 e. The van der Waals surface area contributed by atoms with Crippen LogP contribution >= 0.6 is 23.2 Å². The number of hydrogen-bond acceptors (Lipinski definition) is 1. The Morgan fingerprint density at radius 2 is 1.57 bits per heavy atom. The topological polar surface area (TPSA) is 3.24 Å². The SMILES string of the molecule is C=C1CCCCN1c1ccc2c(ccc3c(Cl)cccc32)c1Cl. The molecule has 3 heteroatoms. The molecule has 0 unspecified atom stereocenters. The Bertz CT molecular complexity index is 930. The van der Waals surface area contributed by atoms with E-state index in [9.17, 15) is 0 Å². The van der Waals surface area contributed by atoms with Gasteiger partial charge in [0.2, 0.25) is 0 Å². The number of nitrogens with zero attached hydrogens (tertiary/aromatic N) is 1. The normalized spacial score (nSPS) is 15.6. The van der Waals surface area contributed by atoms with Crippen LogP contribution in [0.2, 0.25) is 10.0 Å². The zero-order valence-electron chi connectivity index (χ0n) is 12.8. The second-order valence-electron chi connectivity index (χ2n) is 6.07. The van der Waals surface area contributed by atoms with Crippen molar-refractivity contribution in [2.75, 3.05) is 11.4 Å². The number of benzene rings is 3. The molecular formula is C20H17Cl2N. The van der Waals surface area contributed by atoms with Gasteiger partial charge in [-0.3, -0.25) is 0 Å². The molecule has 0 saturated carbocycles. The Labute approximate surface area is 146 Å². The minimum atomic E-state index is 0.772. The lowest BCUT2D eigenvalue weighted by atomic mass is 10.00. The van der Waals surface area contributed by atoms with Gasteiger partial charge < -0.3 is 4.90 Å². The third kappa shape index (κ3) is 2.39. The minimum Gasteiger partial charge on any atom is -0.344 e. The van der Waals surface area contributed by atoms with Crippen LogP contribution in [0, 0.1) is 0 Å². The fraction of sp³-hybridized carbons (Fsp3) is 0.200. The van der Waals surface area contributed by atoms with Gasteiger partial charge in [0.05, 0.1) is 10.7 Å². The summed E-state index contributed by atoms with van der Waals surface area (Å²) in [5, 5.41) is 5.98. The second kappa shape index (κ2) is 5.74. The van der Waals surface area contributed by atoms with Gasteiger partial charge in [0.1, 0.15) is 0 Å². The first-order valence-electron chi connectivity index (χ1n) is 7.91. The van der Waals surface area contributed by atoms with Crippen LogP contribution in [-0.4, -0.2) is 6.54 Å². The molecule has 0 radical (unpaired) electrons. The van der Waals surface area contributed by atoms with Crippen LogP contribution in [0.5, 0.6) is 0 Å². The molecule has 0 spiro atoms. The molecule has 0 bridgehead atoms. The number of fused-ring (bicyclic) bond motifs is 3. The third-order valence-corrected chi connectivity index (χ3v) is 5.42. The summed E-state index contributed by atoms with van der Waals surface area (Å²) < 4.78 is 0. The minimum absolute atomic E-state index is 0.772. The fourth-order valence-electron chi connectivity index (χ4n) is 3.48. The summed E-state index contributed by atoms with van der Waals surface area (Å²) in [5.41, 5.74) is 2.21. The van der Waals surface area contributed by atoms with Crippen molar-refractivity contribution >= 4 is 50.4 Å². The molecule has 3 aromatic rings. The van der Waals surface area contributed by atoms with Gasteiger partial charge in [0.25, 0.3) is 0 Å². The molecule has 3 aromatic carbocycles. The van der Waals surface area contributed by atoms with Crippen molar-refractivity contribution in [2.45, 2.75) is 19.3 Å². The van der Waals surface area contributed by atoms with E-state index in [4.69, 9.17) is 23.2 Å². The summed E-state index contributed by atoms with van der Waals surface area (Å²) in [5.74, 6) is 0. The Kier molecular flexibility index (Phi) is 3.71. The number of halogens is 2. The summed E-state index contributed by atoms with van der Waals surface area (Å²) in [7, 11) is 0. The molecule has 1 fully saturated rings. The smallest absolute Gasteiger partial charge is 0.0721 e. The monoisotopic (exact) mass is 341 g/mol. The van der Waals surface area contributed by atoms with E-state index in [1.807, 2.05) is 12.1 Å². The fourth-order valence-corrected chi connectivity index (χ4v) is 4.05. The maximum atomic E-state index is 6.76. The standard InChI is InChI=1S/C20H17Cl2N/c1-13-5-2-3-12-23(13)19-11-10-15-14-6-4-7-18(21)16(14)8-9-17(15)20(19)22/h4,6-11H,1-3,5,12H2. The van der Waals surface area contributed by atoms with Crippen LogP contribution in [0.15, 0.2) is 54.7 Å². The second-order valence-corrected chi connectivity index (χ2v) is 6.85. The van der Waals surface area contributed by atoms with Gasteiger partial charge in [-0.05, 0) is 42.2 Å². The van der Waals surface area contributed by atoms with Crippen LogP contribution in [0.3, 0.4) is 0 Å². The Morgan fingerprint density at radius 1 is 0.826 bits per heavy atom. The number of piperidine rings is 1. The molecule has 0 N–H and O–H groups in total. The summed E-state index contributed by atoms with van der Waals surface area (Å²) in [4.78, 5) is 2.26. The summed E-state index contributed by atoms with van der Waals surface area (Å²) in [6.45, 7) is 5.19. The van der Waals surface area contributed by atoms with E-state index in [1.54, 1.807) is 0 Å². The molecule has 0 atom stereocenters. The number of anilines is 1. The highest BCUT2D eigenvalue weighted by atomic mass is 35.5. The molecule has 116 valence electrons. The average molecular weight is 342 g/mol. The van der Waals surface area contributed by atoms with E-state index in [0.29, 0.717) is 0 Å². The first-order valence-corrected chi connectivity index (χ1v) is 8.67. The average Bonchev–Trinajstić information content (AvgIpc) is 2.56. The van der Waals surface area contributed by atoms with Crippen molar-refractivity contribution in [3.05, 3.63) is 64.8 Å². The van der Waals surface area contributed by atoms with Crippen molar-refractivity contribution < 1.29 is 0 Å². The van der Waals surface area contributed by atoms with Gasteiger partial charge in [0.15, 0.2) is 0 Å². The quantitative estimate of drug-likeness (QED) is 0.439. The van der Waals surface area contributed by atoms with Crippen LogP contribution < -0.4 is 4.90 Å². The molecule has 0 aromatic heterocycles. The number of rotatable bonds is 1. The van der Waals surface area contributed by atoms with Gasteiger partial charge in [-0.2, -0.15) is 0 Å². The lowest BCUT2D eigenvalue weighted by molar-refractivity contribution is 0.642. The molecule has 0 aliphatic carbocycles. The number of hydrogen-bond donors (Lipinski definition) is 0. The highest BCUT2D eigenvalue weighted by Crippen LogP contribution is 2.40. The molecule has 1 aliphatic rings. The molecule has 1 aliphatic heterocycles. The van der Waals surface area contributed by atoms with E-state index in [0.717, 1.165) is 55.9 Å². The van der Waals surface area contributed by atoms with Crippen molar-refractivity contribution in [3.8, 4) is 0 Å². The Balaban J connectivity index is 1.95. The van der Waals surface area contributed by atoms with Crippen molar-refractivity contribution in [2.24, 2.45) is 0 Å². The number of allylic oxidation sites excluding steroid dienone is 1. The Morgan fingerprint density at radius 3 is 2.39 bits per heavy atom. The van der Waals surface area contributed by atoms with Gasteiger partial charge in [-0.15, -0.1) is 0 Å². The summed E-state index contributed by atoms with van der Waals surface area (Å²) >= 11 is 13.1. The predicted octanol–water partition coefficient (Wildman–Crippen LogP) is 6.80. The lowest BCUT2D eigenvalue weighted by Gasteiger charge is -2.32. The maximum absolute atomic E-state index is 6.76. The zero-order chi connectivity index (χ0) is 16.0. The van der Waals surface area contributed by atoms with Gasteiger partial charge >= 0.3 is 0 Å². The molecule has 1 heterocycles. The Hall–Kier alpha value is -1.70. The highest BCUT2D eigenvalue weighted by Gasteiger charge is 2.19. The van der Waals surface area contributed by atoms with Crippen LogP contribution in [-0.2, 0) is 0 Å². The van der Waals surface area contributed by atoms with Crippen molar-refractivity contribution in [1.29, 1.82) is 0 Å². The predicted molar refractivity (Wildman–Crippen MR) is 102 cm³/mol. The zero-order valence-corrected chi connectivity index (χ0v) is 14.3. The third-order valence-electron chi connectivity index (χ3n) is 4.69. The van der Waals surface area contributed by atoms with Crippen molar-refractivity contribution in [3.63, 3.8) is 0 Å². The van der Waals surface area contributed by atoms with Gasteiger partial charge in [-0.25, -0.2) is 0 Å². The van der Waals surface area contributed by atoms with Crippen LogP contribution in [0.4, 0.5) is 5.69 Å². The molecule has 23 heavy (non-hydrogen) atoms. The van der Waals surface area contributed by atoms with E-state index < -0.39 is 0 Å². The van der Waals surface area contributed by atoms with Crippen molar-refractivity contribution in [1.82, 2.24) is 0 Å². The van der Waals surface area contributed by atoms with E-state index in [-0.39, 0.29) is 0 Å². The summed E-state index contributed by atoms with van der Waals surface area (Å²) in [6.07, 6.45) is 3.44. The maximum Gasteiger partial charge on any atom is 0.0721 e. The summed E-state index contributed by atoms with van der Waals surface area (Å²) in [6, 6.07) is 14.4. The van der Waals surface area contributed by atoms with Gasteiger partial charge in [0, 0.05) is 28.0 Å². The molecule has 1 nitrogen and oxygen atoms in total.